The van der Waals surface area contributed by atoms with E-state index < -0.39 is 42.5 Å². The number of halogens is 2. The Morgan fingerprint density at radius 3 is 2.48 bits per heavy atom. The minimum absolute atomic E-state index is 0.0702. The van der Waals surface area contributed by atoms with E-state index in [0.717, 1.165) is 4.88 Å². The van der Waals surface area contributed by atoms with Gasteiger partial charge in [-0.15, -0.1) is 11.3 Å². The number of nitrogens with one attached hydrogen (secondary N) is 3. The Hall–Kier alpha value is -5.10. The molecule has 1 unspecified atom stereocenters. The number of nitrogens with two attached hydrogens (primary N) is 1. The highest BCUT2D eigenvalue weighted by atomic mass is 32.1. The fourth-order valence-corrected chi connectivity index (χ4v) is 6.79. The van der Waals surface area contributed by atoms with Crippen molar-refractivity contribution < 1.29 is 27.9 Å². The third-order valence-electron chi connectivity index (χ3n) is 8.22. The number of nitrogen functional groups attached to an aromatic ring is 1. The first-order valence-electron chi connectivity index (χ1n) is 14.7. The molecule has 0 radical (unpaired) electrons. The van der Waals surface area contributed by atoms with Crippen molar-refractivity contribution in [2.24, 2.45) is 5.73 Å². The maximum Gasteiger partial charge on any atom is 0.299 e. The highest BCUT2D eigenvalue weighted by molar-refractivity contribution is 7.10. The zero-order chi connectivity index (χ0) is 32.6. The van der Waals surface area contributed by atoms with Crippen molar-refractivity contribution in [3.05, 3.63) is 111 Å². The van der Waals surface area contributed by atoms with Crippen LogP contribution in [0, 0.1) is 5.41 Å². The number of likely N-dealkylation sites (tertiary alicyclic amines) is 1. The molecule has 0 saturated carbocycles. The largest absolute Gasteiger partial charge is 0.488 e. The third-order valence-corrected chi connectivity index (χ3v) is 9.34. The maximum atomic E-state index is 15.0. The molecule has 1 aliphatic carbocycles. The lowest BCUT2D eigenvalue weighted by molar-refractivity contribution is -0.138. The average molecular weight is 644 g/mol. The summed E-state index contributed by atoms with van der Waals surface area (Å²) in [7, 11) is 0. The summed E-state index contributed by atoms with van der Waals surface area (Å²) in [5, 5.41) is 14.9. The third kappa shape index (κ3) is 5.95. The van der Waals surface area contributed by atoms with Gasteiger partial charge in [0.05, 0.1) is 19.1 Å². The molecule has 0 spiro atoms. The van der Waals surface area contributed by atoms with Crippen molar-refractivity contribution >= 4 is 34.9 Å². The van der Waals surface area contributed by atoms with E-state index >= 15 is 0 Å². The number of amidine groups is 1. The normalized spacial score (nSPS) is 18.3. The Balaban J connectivity index is 1.15. The number of carbonyl (C=O) groups excluding carboxylic acids is 3. The summed E-state index contributed by atoms with van der Waals surface area (Å²) in [6.45, 7) is 1.51. The van der Waals surface area contributed by atoms with E-state index in [1.54, 1.807) is 48.7 Å². The molecule has 1 aromatic heterocycles. The van der Waals surface area contributed by atoms with Gasteiger partial charge in [0.1, 0.15) is 23.7 Å². The fourth-order valence-electron chi connectivity index (χ4n) is 5.88. The molecule has 3 amide bonds. The molecular weight excluding hydrogens is 612 g/mol. The minimum Gasteiger partial charge on any atom is -0.488 e. The maximum absolute atomic E-state index is 15.0. The summed E-state index contributed by atoms with van der Waals surface area (Å²) in [5.41, 5.74) is 6.62. The SMILES string of the molecule is CC(NC(=O)[C@@H]1C[C@@H](Oc2ccccc2)CN1C(=O)CNC(=O)c1ccc2c(c1)-c1ccccc1C2(F)F)c1cc(C(=N)N)cs1. The predicted octanol–water partition coefficient (Wildman–Crippen LogP) is 4.81. The number of fused-ring (bicyclic) bond motifs is 3. The zero-order valence-electron chi connectivity index (χ0n) is 24.8. The molecule has 3 aromatic carbocycles. The summed E-state index contributed by atoms with van der Waals surface area (Å²) in [5.74, 6) is -4.12. The van der Waals surface area contributed by atoms with Crippen molar-refractivity contribution in [1.82, 2.24) is 15.5 Å². The number of benzene rings is 3. The summed E-state index contributed by atoms with van der Waals surface area (Å²) in [4.78, 5) is 42.3. The van der Waals surface area contributed by atoms with E-state index in [2.05, 4.69) is 10.6 Å². The quantitative estimate of drug-likeness (QED) is 0.153. The smallest absolute Gasteiger partial charge is 0.299 e. The van der Waals surface area contributed by atoms with Crippen LogP contribution in [0.5, 0.6) is 5.75 Å². The number of ether oxygens (including phenoxy) is 1. The second-order valence-electron chi connectivity index (χ2n) is 11.3. The molecule has 1 fully saturated rings. The Morgan fingerprint density at radius 1 is 1.02 bits per heavy atom. The molecule has 236 valence electrons. The Morgan fingerprint density at radius 2 is 1.74 bits per heavy atom. The van der Waals surface area contributed by atoms with Crippen LogP contribution in [-0.4, -0.2) is 53.7 Å². The Kier molecular flexibility index (Phi) is 8.30. The molecule has 46 heavy (non-hydrogen) atoms. The lowest BCUT2D eigenvalue weighted by Gasteiger charge is -2.25. The molecule has 6 rings (SSSR count). The van der Waals surface area contributed by atoms with Gasteiger partial charge >= 0.3 is 0 Å². The summed E-state index contributed by atoms with van der Waals surface area (Å²) < 4.78 is 36.0. The molecule has 5 N–H and O–H groups in total. The van der Waals surface area contributed by atoms with Gasteiger partial charge in [0.15, 0.2) is 0 Å². The van der Waals surface area contributed by atoms with Gasteiger partial charge in [0.2, 0.25) is 11.8 Å². The molecule has 3 atom stereocenters. The van der Waals surface area contributed by atoms with Gasteiger partial charge in [-0.25, -0.2) is 0 Å². The van der Waals surface area contributed by atoms with Gasteiger partial charge in [-0.1, -0.05) is 48.5 Å². The lowest BCUT2D eigenvalue weighted by Crippen LogP contribution is -2.49. The van der Waals surface area contributed by atoms with Crippen LogP contribution in [-0.2, 0) is 15.5 Å². The molecule has 2 aliphatic rings. The van der Waals surface area contributed by atoms with Crippen molar-refractivity contribution in [2.75, 3.05) is 13.1 Å². The average Bonchev–Trinajstić information content (AvgIpc) is 3.77. The van der Waals surface area contributed by atoms with Crippen molar-refractivity contribution in [3.8, 4) is 16.9 Å². The number of hydrogen-bond acceptors (Lipinski definition) is 6. The van der Waals surface area contributed by atoms with Gasteiger partial charge in [-0.2, -0.15) is 8.78 Å². The van der Waals surface area contributed by atoms with E-state index in [1.807, 2.05) is 18.2 Å². The van der Waals surface area contributed by atoms with Crippen LogP contribution in [0.1, 0.15) is 51.3 Å². The minimum atomic E-state index is -3.17. The number of hydrogen-bond donors (Lipinski definition) is 4. The molecule has 9 nitrogen and oxygen atoms in total. The van der Waals surface area contributed by atoms with Gasteiger partial charge < -0.3 is 26.0 Å². The van der Waals surface area contributed by atoms with Gasteiger partial charge in [0.25, 0.3) is 11.8 Å². The number of thiophene rings is 1. The Labute approximate surface area is 267 Å². The van der Waals surface area contributed by atoms with Crippen LogP contribution in [0.3, 0.4) is 0 Å². The second kappa shape index (κ2) is 12.4. The molecule has 2 heterocycles. The van der Waals surface area contributed by atoms with Crippen LogP contribution in [0.15, 0.2) is 84.2 Å². The number of nitrogens with zero attached hydrogens (tertiary/aromatic N) is 1. The highest BCUT2D eigenvalue weighted by Crippen LogP contribution is 2.50. The fraction of sp³-hybridized carbons (Fsp3) is 0.235. The van der Waals surface area contributed by atoms with Crippen LogP contribution < -0.4 is 21.1 Å². The molecule has 1 saturated heterocycles. The molecule has 4 aromatic rings. The first kappa shape index (κ1) is 30.9. The molecule has 12 heteroatoms. The van der Waals surface area contributed by atoms with Crippen molar-refractivity contribution in [2.45, 2.75) is 37.5 Å². The van der Waals surface area contributed by atoms with Crippen molar-refractivity contribution in [1.29, 1.82) is 5.41 Å². The van der Waals surface area contributed by atoms with Crippen LogP contribution in [0.4, 0.5) is 8.78 Å². The lowest BCUT2D eigenvalue weighted by atomic mass is 10.0. The summed E-state index contributed by atoms with van der Waals surface area (Å²) >= 11 is 1.36. The molecular formula is C34H31F2N5O4S. The summed E-state index contributed by atoms with van der Waals surface area (Å²) in [6.07, 6.45) is -0.244. The standard InChI is InChI=1S/C34H31F2N5O4S/c1-19(29-14-21(18-46-29)31(37)38)40-33(44)28-15-23(45-22-7-3-2-4-8-22)17-41(28)30(42)16-39-32(43)20-11-12-27-25(13-20)24-9-5-6-10-26(24)34(27,35)36/h2-14,18-19,23,28H,15-17H2,1H3,(H3,37,38)(H,39,43)(H,40,44)/t19?,23-,28+/m1/s1. The molecule has 0 bridgehead atoms. The van der Waals surface area contributed by atoms with Gasteiger partial charge in [0, 0.05) is 38.9 Å². The topological polar surface area (TPSA) is 138 Å². The van der Waals surface area contributed by atoms with E-state index in [4.69, 9.17) is 15.9 Å². The van der Waals surface area contributed by atoms with Crippen molar-refractivity contribution in [3.63, 3.8) is 0 Å². The summed E-state index contributed by atoms with van der Waals surface area (Å²) in [6, 6.07) is 19.7. The van der Waals surface area contributed by atoms with Crippen LogP contribution in [0.2, 0.25) is 0 Å². The first-order chi connectivity index (χ1) is 22.0. The van der Waals surface area contributed by atoms with E-state index in [1.165, 1.54) is 40.5 Å². The van der Waals surface area contributed by atoms with E-state index in [9.17, 15) is 23.2 Å². The number of carbonyl (C=O) groups is 3. The highest BCUT2D eigenvalue weighted by Gasteiger charge is 2.44. The Bertz CT molecular complexity index is 1830. The monoisotopic (exact) mass is 643 g/mol. The van der Waals surface area contributed by atoms with E-state index in [0.29, 0.717) is 16.9 Å². The van der Waals surface area contributed by atoms with E-state index in [-0.39, 0.29) is 47.0 Å². The predicted molar refractivity (Wildman–Crippen MR) is 170 cm³/mol. The number of alkyl halides is 2. The molecule has 1 aliphatic heterocycles. The zero-order valence-corrected chi connectivity index (χ0v) is 25.6. The first-order valence-corrected chi connectivity index (χ1v) is 15.6. The van der Waals surface area contributed by atoms with Crippen LogP contribution >= 0.6 is 11.3 Å². The van der Waals surface area contributed by atoms with Crippen LogP contribution in [0.25, 0.3) is 11.1 Å². The number of amides is 3. The second-order valence-corrected chi connectivity index (χ2v) is 12.2. The number of rotatable bonds is 9. The van der Waals surface area contributed by atoms with Gasteiger partial charge in [-0.3, -0.25) is 19.8 Å². The number of para-hydroxylation sites is 1. The van der Waals surface area contributed by atoms with Gasteiger partial charge in [-0.05, 0) is 48.4 Å².